The number of alkyl halides is 1. The van der Waals surface area contributed by atoms with Crippen molar-refractivity contribution in [1.29, 1.82) is 0 Å². The summed E-state index contributed by atoms with van der Waals surface area (Å²) in [7, 11) is 0. The van der Waals surface area contributed by atoms with Crippen molar-refractivity contribution in [3.05, 3.63) is 27.7 Å². The molecule has 0 aliphatic rings. The van der Waals surface area contributed by atoms with E-state index in [9.17, 15) is 4.79 Å². The highest BCUT2D eigenvalue weighted by Crippen LogP contribution is 2.28. The summed E-state index contributed by atoms with van der Waals surface area (Å²) in [6, 6.07) is 5.19. The molecule has 5 heteroatoms. The molecule has 0 atom stereocenters. The van der Waals surface area contributed by atoms with Crippen molar-refractivity contribution in [2.24, 2.45) is 5.41 Å². The number of hydrogen-bond acceptors (Lipinski definition) is 1. The molecule has 1 aromatic rings. The molecule has 2 nitrogen and oxygen atoms in total. The number of benzene rings is 1. The van der Waals surface area contributed by atoms with Crippen molar-refractivity contribution in [2.75, 3.05) is 11.2 Å². The summed E-state index contributed by atoms with van der Waals surface area (Å²) in [6.07, 6.45) is 0. The van der Waals surface area contributed by atoms with Crippen LogP contribution in [0.3, 0.4) is 0 Å². The molecule has 0 unspecified atom stereocenters. The van der Waals surface area contributed by atoms with Gasteiger partial charge in [0.05, 0.1) is 11.1 Å². The van der Waals surface area contributed by atoms with Crippen molar-refractivity contribution < 1.29 is 4.79 Å². The standard InChI is InChI=1S/C11H12BrCl2NO/c1-11(2,6-13)10(16)15-9-4-3-7(14)5-8(9)12/h3-5H,6H2,1-2H3,(H,15,16). The van der Waals surface area contributed by atoms with Crippen LogP contribution in [0.25, 0.3) is 0 Å². The highest BCUT2D eigenvalue weighted by atomic mass is 79.9. The Morgan fingerprint density at radius 2 is 2.12 bits per heavy atom. The van der Waals surface area contributed by atoms with Gasteiger partial charge in [-0.25, -0.2) is 0 Å². The maximum Gasteiger partial charge on any atom is 0.231 e. The third kappa shape index (κ3) is 3.37. The maximum absolute atomic E-state index is 11.9. The minimum Gasteiger partial charge on any atom is -0.325 e. The monoisotopic (exact) mass is 323 g/mol. The van der Waals surface area contributed by atoms with E-state index in [-0.39, 0.29) is 11.8 Å². The molecule has 0 radical (unpaired) electrons. The molecule has 1 aromatic carbocycles. The molecular formula is C11H12BrCl2NO. The molecule has 0 heterocycles. The largest absolute Gasteiger partial charge is 0.325 e. The number of amides is 1. The van der Waals surface area contributed by atoms with Crippen LogP contribution in [0.4, 0.5) is 5.69 Å². The van der Waals surface area contributed by atoms with Crippen LogP contribution < -0.4 is 5.32 Å². The van der Waals surface area contributed by atoms with Crippen LogP contribution in [-0.2, 0) is 4.79 Å². The van der Waals surface area contributed by atoms with Crippen LogP contribution in [0.15, 0.2) is 22.7 Å². The fourth-order valence-corrected chi connectivity index (χ4v) is 1.85. The van der Waals surface area contributed by atoms with Gasteiger partial charge in [-0.2, -0.15) is 0 Å². The van der Waals surface area contributed by atoms with E-state index in [4.69, 9.17) is 23.2 Å². The smallest absolute Gasteiger partial charge is 0.231 e. The molecule has 0 bridgehead atoms. The SMILES string of the molecule is CC(C)(CCl)C(=O)Nc1ccc(Cl)cc1Br. The Kier molecular flexibility index (Phi) is 4.65. The molecule has 1 N–H and O–H groups in total. The highest BCUT2D eigenvalue weighted by molar-refractivity contribution is 9.10. The number of anilines is 1. The number of carbonyl (C=O) groups excluding carboxylic acids is 1. The predicted octanol–water partition coefficient (Wildman–Crippen LogP) is 4.31. The highest BCUT2D eigenvalue weighted by Gasteiger charge is 2.26. The average molecular weight is 325 g/mol. The Morgan fingerprint density at radius 3 is 2.62 bits per heavy atom. The molecule has 0 saturated heterocycles. The van der Waals surface area contributed by atoms with E-state index < -0.39 is 5.41 Å². The van der Waals surface area contributed by atoms with Gasteiger partial charge >= 0.3 is 0 Å². The summed E-state index contributed by atoms with van der Waals surface area (Å²) in [5, 5.41) is 3.41. The molecule has 1 rings (SSSR count). The quantitative estimate of drug-likeness (QED) is 0.825. The molecule has 0 aliphatic carbocycles. The third-order valence-corrected chi connectivity index (χ3v) is 3.69. The molecule has 16 heavy (non-hydrogen) atoms. The summed E-state index contributed by atoms with van der Waals surface area (Å²) in [5.41, 5.74) is 0.0910. The van der Waals surface area contributed by atoms with Gasteiger partial charge in [0.1, 0.15) is 0 Å². The van der Waals surface area contributed by atoms with E-state index in [0.717, 1.165) is 4.47 Å². The van der Waals surface area contributed by atoms with Gasteiger partial charge in [0.25, 0.3) is 0 Å². The van der Waals surface area contributed by atoms with Crippen LogP contribution in [-0.4, -0.2) is 11.8 Å². The van der Waals surface area contributed by atoms with Crippen LogP contribution in [0.1, 0.15) is 13.8 Å². The Balaban J connectivity index is 2.85. The van der Waals surface area contributed by atoms with Crippen molar-refractivity contribution >= 4 is 50.7 Å². The summed E-state index contributed by atoms with van der Waals surface area (Å²) < 4.78 is 0.749. The number of halogens is 3. The lowest BCUT2D eigenvalue weighted by Crippen LogP contribution is -2.32. The van der Waals surface area contributed by atoms with Crippen LogP contribution in [0.5, 0.6) is 0 Å². The van der Waals surface area contributed by atoms with Crippen LogP contribution >= 0.6 is 39.1 Å². The van der Waals surface area contributed by atoms with E-state index in [1.807, 2.05) is 0 Å². The summed E-state index contributed by atoms with van der Waals surface area (Å²) in [5.74, 6) is 0.148. The van der Waals surface area contributed by atoms with E-state index in [1.165, 1.54) is 0 Å². The van der Waals surface area contributed by atoms with E-state index in [2.05, 4.69) is 21.2 Å². The fraction of sp³-hybridized carbons (Fsp3) is 0.364. The minimum absolute atomic E-state index is 0.120. The number of carbonyl (C=O) groups is 1. The Bertz CT molecular complexity index is 407. The van der Waals surface area contributed by atoms with Gasteiger partial charge in [-0.3, -0.25) is 4.79 Å². The second-order valence-electron chi connectivity index (χ2n) is 4.10. The van der Waals surface area contributed by atoms with Gasteiger partial charge in [-0.15, -0.1) is 11.6 Å². The summed E-state index contributed by atoms with van der Waals surface area (Å²) >= 11 is 14.9. The average Bonchev–Trinajstić information content (AvgIpc) is 2.22. The van der Waals surface area contributed by atoms with E-state index in [0.29, 0.717) is 10.7 Å². The Morgan fingerprint density at radius 1 is 1.50 bits per heavy atom. The van der Waals surface area contributed by atoms with Crippen LogP contribution in [0, 0.1) is 5.41 Å². The second kappa shape index (κ2) is 5.39. The Hall–Kier alpha value is -0.250. The number of hydrogen-bond donors (Lipinski definition) is 1. The molecule has 0 saturated carbocycles. The van der Waals surface area contributed by atoms with Gasteiger partial charge in [-0.1, -0.05) is 11.6 Å². The zero-order valence-corrected chi connectivity index (χ0v) is 12.1. The second-order valence-corrected chi connectivity index (χ2v) is 5.65. The van der Waals surface area contributed by atoms with Gasteiger partial charge in [0, 0.05) is 15.4 Å². The molecule has 0 aliphatic heterocycles. The molecule has 0 fully saturated rings. The maximum atomic E-state index is 11.9. The Labute approximate surface area is 113 Å². The van der Waals surface area contributed by atoms with Crippen molar-refractivity contribution in [2.45, 2.75) is 13.8 Å². The lowest BCUT2D eigenvalue weighted by molar-refractivity contribution is -0.122. The summed E-state index contributed by atoms with van der Waals surface area (Å²) in [6.45, 7) is 3.58. The zero-order valence-electron chi connectivity index (χ0n) is 8.98. The van der Waals surface area contributed by atoms with Crippen molar-refractivity contribution in [1.82, 2.24) is 0 Å². The number of rotatable bonds is 3. The van der Waals surface area contributed by atoms with Gasteiger partial charge in [0.2, 0.25) is 5.91 Å². The summed E-state index contributed by atoms with van der Waals surface area (Å²) in [4.78, 5) is 11.9. The first-order valence-corrected chi connectivity index (χ1v) is 6.40. The third-order valence-electron chi connectivity index (χ3n) is 2.13. The number of nitrogens with one attached hydrogen (secondary N) is 1. The van der Waals surface area contributed by atoms with Crippen molar-refractivity contribution in [3.8, 4) is 0 Å². The first-order chi connectivity index (χ1) is 7.36. The topological polar surface area (TPSA) is 29.1 Å². The normalized spacial score (nSPS) is 11.3. The van der Waals surface area contributed by atoms with Crippen LogP contribution in [0.2, 0.25) is 5.02 Å². The zero-order chi connectivity index (χ0) is 12.3. The molecular weight excluding hydrogens is 313 g/mol. The van der Waals surface area contributed by atoms with Gasteiger partial charge < -0.3 is 5.32 Å². The first kappa shape index (κ1) is 13.8. The van der Waals surface area contributed by atoms with Gasteiger partial charge in [-0.05, 0) is 48.0 Å². The predicted molar refractivity (Wildman–Crippen MR) is 72.3 cm³/mol. The van der Waals surface area contributed by atoms with E-state index >= 15 is 0 Å². The molecule has 0 spiro atoms. The van der Waals surface area contributed by atoms with Gasteiger partial charge in [0.15, 0.2) is 0 Å². The lowest BCUT2D eigenvalue weighted by Gasteiger charge is -2.20. The lowest BCUT2D eigenvalue weighted by atomic mass is 9.95. The molecule has 0 aromatic heterocycles. The fourth-order valence-electron chi connectivity index (χ4n) is 0.943. The molecule has 88 valence electrons. The van der Waals surface area contributed by atoms with E-state index in [1.54, 1.807) is 32.0 Å². The van der Waals surface area contributed by atoms with Crippen molar-refractivity contribution in [3.63, 3.8) is 0 Å². The minimum atomic E-state index is -0.597. The first-order valence-electron chi connectivity index (χ1n) is 4.69. The molecule has 1 amide bonds.